The molecule has 272 valence electrons. The number of rotatable bonds is 4. The Kier molecular flexibility index (Phi) is 7.09. The molecule has 0 amide bonds. The molecule has 5 saturated carbocycles. The summed E-state index contributed by atoms with van der Waals surface area (Å²) in [6, 6.07) is 0. The van der Waals surface area contributed by atoms with Crippen molar-refractivity contribution in [1.82, 2.24) is 0 Å². The van der Waals surface area contributed by atoms with E-state index < -0.39 is 65.4 Å². The normalized spacial score (nSPS) is 59.4. The first-order valence-electron chi connectivity index (χ1n) is 18.5. The molecule has 3 heterocycles. The van der Waals surface area contributed by atoms with Crippen molar-refractivity contribution in [3.05, 3.63) is 0 Å². The Balaban J connectivity index is 1.12. The Bertz CT molecular complexity index is 1360. The van der Waals surface area contributed by atoms with Gasteiger partial charge >= 0.3 is 5.97 Å². The maximum Gasteiger partial charge on any atom is 0.305 e. The van der Waals surface area contributed by atoms with E-state index in [4.69, 9.17) is 23.7 Å². The molecule has 2 bridgehead atoms. The highest BCUT2D eigenvalue weighted by Crippen LogP contribution is 2.90. The lowest BCUT2D eigenvalue weighted by molar-refractivity contribution is -0.336. The molecule has 11 nitrogen and oxygen atoms in total. The fourth-order valence-electron chi connectivity index (χ4n) is 14.3. The minimum atomic E-state index is -1.73. The van der Waals surface area contributed by atoms with Crippen LogP contribution in [0.15, 0.2) is 0 Å². The van der Waals surface area contributed by atoms with Crippen LogP contribution in [0.3, 0.4) is 0 Å². The zero-order chi connectivity index (χ0) is 34.8. The van der Waals surface area contributed by atoms with Crippen LogP contribution in [-0.4, -0.2) is 98.2 Å². The number of fused-ring (bicyclic) bond motifs is 4. The average molecular weight is 679 g/mol. The lowest BCUT2D eigenvalue weighted by Crippen LogP contribution is -2.62. The Hall–Kier alpha value is -0.890. The van der Waals surface area contributed by atoms with E-state index in [9.17, 15) is 30.3 Å². The van der Waals surface area contributed by atoms with Crippen molar-refractivity contribution in [2.24, 2.45) is 50.7 Å². The molecule has 0 aromatic rings. The highest BCUT2D eigenvalue weighted by atomic mass is 16.9. The van der Waals surface area contributed by atoms with Crippen molar-refractivity contribution in [3.63, 3.8) is 0 Å². The molecule has 5 unspecified atom stereocenters. The second-order valence-electron chi connectivity index (χ2n) is 19.0. The van der Waals surface area contributed by atoms with Gasteiger partial charge in [-0.3, -0.25) is 4.79 Å². The van der Waals surface area contributed by atoms with Gasteiger partial charge in [0.05, 0.1) is 12.7 Å². The molecule has 5 aliphatic carbocycles. The molecule has 17 atom stereocenters. The minimum absolute atomic E-state index is 0.0587. The van der Waals surface area contributed by atoms with Crippen molar-refractivity contribution >= 4 is 5.97 Å². The van der Waals surface area contributed by atoms with Crippen LogP contribution in [-0.2, 0) is 28.5 Å². The van der Waals surface area contributed by atoms with Crippen LogP contribution in [0.5, 0.6) is 0 Å². The zero-order valence-corrected chi connectivity index (χ0v) is 29.9. The highest BCUT2D eigenvalue weighted by molar-refractivity contribution is 5.66. The molecular weight excluding hydrogens is 620 g/mol. The van der Waals surface area contributed by atoms with Crippen molar-refractivity contribution < 1.29 is 54.0 Å². The van der Waals surface area contributed by atoms with Gasteiger partial charge in [0.2, 0.25) is 5.79 Å². The van der Waals surface area contributed by atoms with Gasteiger partial charge in [-0.15, -0.1) is 0 Å². The Morgan fingerprint density at radius 3 is 2.25 bits per heavy atom. The van der Waals surface area contributed by atoms with E-state index in [-0.39, 0.29) is 52.1 Å². The number of hydrogen-bond acceptors (Lipinski definition) is 11. The first-order chi connectivity index (χ1) is 22.2. The van der Waals surface area contributed by atoms with Crippen LogP contribution in [0.2, 0.25) is 0 Å². The van der Waals surface area contributed by atoms with Gasteiger partial charge in [0, 0.05) is 18.3 Å². The fourth-order valence-corrected chi connectivity index (χ4v) is 14.3. The minimum Gasteiger partial charge on any atom is -0.427 e. The molecular formula is C37H58O11. The predicted molar refractivity (Wildman–Crippen MR) is 170 cm³/mol. The molecule has 48 heavy (non-hydrogen) atoms. The summed E-state index contributed by atoms with van der Waals surface area (Å²) in [5, 5.41) is 55.2. The quantitative estimate of drug-likeness (QED) is 0.219. The largest absolute Gasteiger partial charge is 0.427 e. The molecule has 5 N–H and O–H groups in total. The average Bonchev–Trinajstić information content (AvgIpc) is 3.54. The predicted octanol–water partition coefficient (Wildman–Crippen LogP) is 3.01. The number of aliphatic hydroxyl groups excluding tert-OH is 4. The standard InChI is InChI=1S/C37H58O11/c1-18-15-24-37(31(5,6)43,46-19(2)38)48-36(47-24)27(18)32(7)13-14-35-17-34(35)12-11-23(45-28-26(41)25(40)20(39)16-44-28)30(3,4)21(34)9-10-22(35)33(32,8)29(36)42/h18,20-29,39-43H,9-17H2,1-8H3/t18-,20-,21+,22+,23+,24?,25+,26-,27?,28+,29?,32-,33-,34-,35+,36?,37?/m1/s1. The Morgan fingerprint density at radius 2 is 1.58 bits per heavy atom. The molecule has 3 saturated heterocycles. The first kappa shape index (κ1) is 34.2. The van der Waals surface area contributed by atoms with Gasteiger partial charge in [-0.2, -0.15) is 0 Å². The van der Waals surface area contributed by atoms with Gasteiger partial charge in [0.1, 0.15) is 36.1 Å². The summed E-state index contributed by atoms with van der Waals surface area (Å²) in [7, 11) is 0. The van der Waals surface area contributed by atoms with Gasteiger partial charge in [-0.25, -0.2) is 0 Å². The van der Waals surface area contributed by atoms with Crippen LogP contribution in [0.4, 0.5) is 0 Å². The number of hydrogen-bond donors (Lipinski definition) is 5. The molecule has 11 heteroatoms. The first-order valence-corrected chi connectivity index (χ1v) is 18.5. The SMILES string of the molecule is CC(=O)OC1(C(C)(C)O)OC23OC1C[C@@H](C)C2[C@@]1(C)CC[C@@]24C[C@@]25CC[C@H](O[C@@H]2OC[C@@H](O)[C@H](O)[C@H]2O)C(C)(C)[C@@H]5CC[C@H]4[C@]1(C)C3O. The second kappa shape index (κ2) is 9.95. The van der Waals surface area contributed by atoms with Gasteiger partial charge in [-0.1, -0.05) is 34.6 Å². The Labute approximate surface area is 284 Å². The molecule has 0 aromatic carbocycles. The van der Waals surface area contributed by atoms with Gasteiger partial charge in [0.15, 0.2) is 6.29 Å². The summed E-state index contributed by atoms with van der Waals surface area (Å²) < 4.78 is 31.7. The molecule has 3 spiro atoms. The lowest BCUT2D eigenvalue weighted by atomic mass is 9.41. The number of ether oxygens (including phenoxy) is 5. The second-order valence-corrected chi connectivity index (χ2v) is 19.0. The molecule has 8 aliphatic rings. The maximum atomic E-state index is 12.9. The molecule has 3 aliphatic heterocycles. The van der Waals surface area contributed by atoms with Gasteiger partial charge in [0.25, 0.3) is 5.79 Å². The number of carbonyl (C=O) groups excluding carboxylic acids is 1. The molecule has 0 aromatic heterocycles. The van der Waals surface area contributed by atoms with E-state index >= 15 is 0 Å². The summed E-state index contributed by atoms with van der Waals surface area (Å²) >= 11 is 0. The van der Waals surface area contributed by atoms with Crippen molar-refractivity contribution in [1.29, 1.82) is 0 Å². The zero-order valence-electron chi connectivity index (χ0n) is 29.9. The van der Waals surface area contributed by atoms with E-state index in [0.717, 1.165) is 44.9 Å². The van der Waals surface area contributed by atoms with Gasteiger partial charge < -0.3 is 49.2 Å². The number of carbonyl (C=O) groups is 1. The third-order valence-electron chi connectivity index (χ3n) is 16.4. The highest BCUT2D eigenvalue weighted by Gasteiger charge is 2.89. The smallest absolute Gasteiger partial charge is 0.305 e. The monoisotopic (exact) mass is 678 g/mol. The van der Waals surface area contributed by atoms with E-state index in [1.807, 2.05) is 0 Å². The van der Waals surface area contributed by atoms with E-state index in [2.05, 4.69) is 34.6 Å². The van der Waals surface area contributed by atoms with E-state index in [1.54, 1.807) is 13.8 Å². The van der Waals surface area contributed by atoms with Crippen molar-refractivity contribution in [2.45, 2.75) is 167 Å². The topological polar surface area (TPSA) is 164 Å². The third kappa shape index (κ3) is 3.74. The van der Waals surface area contributed by atoms with Crippen molar-refractivity contribution in [2.75, 3.05) is 6.61 Å². The number of esters is 1. The maximum absolute atomic E-state index is 12.9. The third-order valence-corrected chi connectivity index (χ3v) is 16.4. The van der Waals surface area contributed by atoms with Crippen LogP contribution < -0.4 is 0 Å². The van der Waals surface area contributed by atoms with Gasteiger partial charge in [-0.05, 0) is 105 Å². The summed E-state index contributed by atoms with van der Waals surface area (Å²) in [6.07, 6.45) is 0.716. The number of aliphatic hydroxyl groups is 5. The summed E-state index contributed by atoms with van der Waals surface area (Å²) in [5.41, 5.74) is -2.49. The van der Waals surface area contributed by atoms with Crippen LogP contribution in [0.1, 0.15) is 107 Å². The summed E-state index contributed by atoms with van der Waals surface area (Å²) in [5.74, 6) is -3.14. The summed E-state index contributed by atoms with van der Waals surface area (Å²) in [6.45, 7) is 15.8. The van der Waals surface area contributed by atoms with E-state index in [0.29, 0.717) is 12.3 Å². The van der Waals surface area contributed by atoms with Crippen LogP contribution in [0.25, 0.3) is 0 Å². The summed E-state index contributed by atoms with van der Waals surface area (Å²) in [4.78, 5) is 12.5. The van der Waals surface area contributed by atoms with Crippen LogP contribution in [0, 0.1) is 50.7 Å². The lowest BCUT2D eigenvalue weighted by Gasteiger charge is -2.63. The fraction of sp³-hybridized carbons (Fsp3) is 0.973. The Morgan fingerprint density at radius 1 is 0.917 bits per heavy atom. The van der Waals surface area contributed by atoms with Crippen molar-refractivity contribution in [3.8, 4) is 0 Å². The van der Waals surface area contributed by atoms with Crippen LogP contribution >= 0.6 is 0 Å². The molecule has 8 fully saturated rings. The van der Waals surface area contributed by atoms with E-state index in [1.165, 1.54) is 6.92 Å². The molecule has 0 radical (unpaired) electrons. The molecule has 8 rings (SSSR count).